The van der Waals surface area contributed by atoms with Crippen LogP contribution in [0.5, 0.6) is 0 Å². The van der Waals surface area contributed by atoms with Crippen LogP contribution in [0.15, 0.2) is 12.4 Å². The monoisotopic (exact) mass is 355 g/mol. The minimum atomic E-state index is -3.34. The van der Waals surface area contributed by atoms with Crippen molar-refractivity contribution in [3.8, 4) is 0 Å². The molecule has 1 aliphatic heterocycles. The lowest BCUT2D eigenvalue weighted by molar-refractivity contribution is 0.133. The van der Waals surface area contributed by atoms with E-state index in [1.165, 1.54) is 31.2 Å². The molecule has 0 saturated carbocycles. The van der Waals surface area contributed by atoms with Gasteiger partial charge in [0.1, 0.15) is 5.82 Å². The van der Waals surface area contributed by atoms with Gasteiger partial charge in [-0.05, 0) is 25.8 Å². The van der Waals surface area contributed by atoms with Crippen molar-refractivity contribution in [2.45, 2.75) is 51.6 Å². The number of aromatic nitrogens is 2. The summed E-state index contributed by atoms with van der Waals surface area (Å²) >= 11 is 0. The Morgan fingerprint density at radius 1 is 1.29 bits per heavy atom. The highest BCUT2D eigenvalue weighted by atomic mass is 32.2. The molecule has 0 amide bonds. The predicted molar refractivity (Wildman–Crippen MR) is 94.7 cm³/mol. The molecule has 24 heavy (non-hydrogen) atoms. The van der Waals surface area contributed by atoms with Crippen molar-refractivity contribution in [1.82, 2.24) is 23.9 Å². The molecule has 0 aromatic carbocycles. The van der Waals surface area contributed by atoms with Gasteiger partial charge in [0.2, 0.25) is 0 Å². The van der Waals surface area contributed by atoms with Gasteiger partial charge in [0.05, 0.1) is 0 Å². The van der Waals surface area contributed by atoms with E-state index in [-0.39, 0.29) is 0 Å². The first-order chi connectivity index (χ1) is 11.4. The summed E-state index contributed by atoms with van der Waals surface area (Å²) in [5.74, 6) is 0.868. The normalized spacial score (nSPS) is 19.8. The van der Waals surface area contributed by atoms with Crippen molar-refractivity contribution in [2.75, 3.05) is 27.2 Å². The Bertz CT molecular complexity index is 603. The lowest BCUT2D eigenvalue weighted by atomic mass is 9.99. The van der Waals surface area contributed by atoms with Gasteiger partial charge in [0.15, 0.2) is 0 Å². The zero-order valence-electron chi connectivity index (χ0n) is 14.9. The molecule has 0 radical (unpaired) electrons. The summed E-state index contributed by atoms with van der Waals surface area (Å²) in [6, 6.07) is 0.398. The Kier molecular flexibility index (Phi) is 7.09. The highest BCUT2D eigenvalue weighted by Gasteiger charge is 2.23. The van der Waals surface area contributed by atoms with E-state index >= 15 is 0 Å². The minimum absolute atomic E-state index is 0.398. The van der Waals surface area contributed by atoms with E-state index < -0.39 is 10.2 Å². The Hall–Kier alpha value is -1.09. The van der Waals surface area contributed by atoms with Crippen LogP contribution < -0.4 is 4.72 Å². The third-order valence-corrected chi connectivity index (χ3v) is 5.98. The molecule has 1 aromatic rings. The molecule has 1 fully saturated rings. The highest BCUT2D eigenvalue weighted by Crippen LogP contribution is 2.21. The second-order valence-corrected chi connectivity index (χ2v) is 8.42. The molecule has 2 rings (SSSR count). The van der Waals surface area contributed by atoms with Gasteiger partial charge in [-0.3, -0.25) is 4.90 Å². The van der Waals surface area contributed by atoms with Gasteiger partial charge in [-0.1, -0.05) is 13.3 Å². The van der Waals surface area contributed by atoms with Crippen molar-refractivity contribution >= 4 is 10.2 Å². The topological polar surface area (TPSA) is 78.4 Å². The van der Waals surface area contributed by atoms with E-state index in [1.807, 2.05) is 19.3 Å². The maximum absolute atomic E-state index is 11.8. The summed E-state index contributed by atoms with van der Waals surface area (Å²) in [4.78, 5) is 11.2. The van der Waals surface area contributed by atoms with Gasteiger partial charge in [-0.2, -0.15) is 12.7 Å². The molecule has 7 nitrogen and oxygen atoms in total. The zero-order chi connectivity index (χ0) is 17.6. The van der Waals surface area contributed by atoms with Crippen LogP contribution in [0.1, 0.15) is 44.0 Å². The Balaban J connectivity index is 1.90. The summed E-state index contributed by atoms with van der Waals surface area (Å²) in [5.41, 5.74) is 1.12. The maximum atomic E-state index is 11.8. The van der Waals surface area contributed by atoms with Gasteiger partial charge in [-0.15, -0.1) is 0 Å². The summed E-state index contributed by atoms with van der Waals surface area (Å²) in [6.07, 6.45) is 8.98. The van der Waals surface area contributed by atoms with Crippen LogP contribution in [0.2, 0.25) is 0 Å². The second kappa shape index (κ2) is 8.84. The van der Waals surface area contributed by atoms with E-state index in [0.717, 1.165) is 43.7 Å². The van der Waals surface area contributed by atoms with Crippen LogP contribution in [0.4, 0.5) is 0 Å². The van der Waals surface area contributed by atoms with E-state index in [0.29, 0.717) is 12.6 Å². The molecule has 1 atom stereocenters. The van der Waals surface area contributed by atoms with Crippen LogP contribution in [-0.2, 0) is 23.2 Å². The number of aryl methyl sites for hydroxylation is 1. The summed E-state index contributed by atoms with van der Waals surface area (Å²) < 4.78 is 27.4. The van der Waals surface area contributed by atoms with Gasteiger partial charge >= 0.3 is 0 Å². The minimum Gasteiger partial charge on any atom is -0.296 e. The molecule has 0 unspecified atom stereocenters. The highest BCUT2D eigenvalue weighted by molar-refractivity contribution is 7.87. The summed E-state index contributed by atoms with van der Waals surface area (Å²) in [5, 5.41) is 0. The van der Waals surface area contributed by atoms with E-state index in [1.54, 1.807) is 0 Å². The number of rotatable bonds is 8. The number of piperidine rings is 1. The number of hydrogen-bond acceptors (Lipinski definition) is 5. The zero-order valence-corrected chi connectivity index (χ0v) is 15.7. The van der Waals surface area contributed by atoms with E-state index in [4.69, 9.17) is 0 Å². The smallest absolute Gasteiger partial charge is 0.278 e. The van der Waals surface area contributed by atoms with Crippen molar-refractivity contribution in [3.63, 3.8) is 0 Å². The molecule has 1 aromatic heterocycles. The molecular formula is C16H29N5O2S. The van der Waals surface area contributed by atoms with Crippen LogP contribution in [0.3, 0.4) is 0 Å². The van der Waals surface area contributed by atoms with E-state index in [2.05, 4.69) is 19.6 Å². The van der Waals surface area contributed by atoms with Gasteiger partial charge in [0, 0.05) is 57.6 Å². The molecule has 0 spiro atoms. The molecular weight excluding hydrogens is 326 g/mol. The first kappa shape index (κ1) is 19.2. The second-order valence-electron chi connectivity index (χ2n) is 6.45. The van der Waals surface area contributed by atoms with Gasteiger partial charge in [0.25, 0.3) is 10.2 Å². The van der Waals surface area contributed by atoms with E-state index in [9.17, 15) is 8.42 Å². The van der Waals surface area contributed by atoms with Crippen molar-refractivity contribution in [1.29, 1.82) is 0 Å². The standard InChI is InChI=1S/C16H29N5O2S/c1-4-16-17-11-14(12-18-16)13-21-10-6-5-7-15(21)8-9-19-24(22,23)20(2)3/h11-12,15,19H,4-10,13H2,1-3H3/t15-/m0/s1. The molecule has 8 heteroatoms. The first-order valence-electron chi connectivity index (χ1n) is 8.63. The fourth-order valence-corrected chi connectivity index (χ4v) is 3.59. The maximum Gasteiger partial charge on any atom is 0.278 e. The molecule has 1 saturated heterocycles. The molecule has 0 aliphatic carbocycles. The van der Waals surface area contributed by atoms with Crippen LogP contribution in [0, 0.1) is 0 Å². The summed E-state index contributed by atoms with van der Waals surface area (Å²) in [7, 11) is -0.264. The number of nitrogens with zero attached hydrogens (tertiary/aromatic N) is 4. The summed E-state index contributed by atoms with van der Waals surface area (Å²) in [6.45, 7) is 4.38. The third-order valence-electron chi connectivity index (χ3n) is 4.45. The van der Waals surface area contributed by atoms with Crippen LogP contribution >= 0.6 is 0 Å². The van der Waals surface area contributed by atoms with Crippen molar-refractivity contribution < 1.29 is 8.42 Å². The SMILES string of the molecule is CCc1ncc(CN2CCCC[C@H]2CCNS(=O)(=O)N(C)C)cn1. The molecule has 0 bridgehead atoms. The van der Waals surface area contributed by atoms with Crippen LogP contribution in [0.25, 0.3) is 0 Å². The average Bonchev–Trinajstić information content (AvgIpc) is 2.57. The van der Waals surface area contributed by atoms with Crippen molar-refractivity contribution in [3.05, 3.63) is 23.8 Å². The number of nitrogens with one attached hydrogen (secondary N) is 1. The Morgan fingerprint density at radius 3 is 2.62 bits per heavy atom. The lowest BCUT2D eigenvalue weighted by Gasteiger charge is -2.35. The van der Waals surface area contributed by atoms with Crippen molar-refractivity contribution in [2.24, 2.45) is 0 Å². The molecule has 136 valence electrons. The predicted octanol–water partition coefficient (Wildman–Crippen LogP) is 1.18. The quantitative estimate of drug-likeness (QED) is 0.758. The number of hydrogen-bond donors (Lipinski definition) is 1. The van der Waals surface area contributed by atoms with Gasteiger partial charge in [-0.25, -0.2) is 14.7 Å². The molecule has 1 aliphatic rings. The van der Waals surface area contributed by atoms with Crippen LogP contribution in [-0.4, -0.2) is 60.8 Å². The number of likely N-dealkylation sites (tertiary alicyclic amines) is 1. The first-order valence-corrected chi connectivity index (χ1v) is 10.1. The largest absolute Gasteiger partial charge is 0.296 e. The molecule has 1 N–H and O–H groups in total. The third kappa shape index (κ3) is 5.47. The lowest BCUT2D eigenvalue weighted by Crippen LogP contribution is -2.42. The average molecular weight is 356 g/mol. The fraction of sp³-hybridized carbons (Fsp3) is 0.750. The fourth-order valence-electron chi connectivity index (χ4n) is 2.96. The molecule has 2 heterocycles. The van der Waals surface area contributed by atoms with Gasteiger partial charge < -0.3 is 0 Å². The Labute approximate surface area is 145 Å². The Morgan fingerprint density at radius 2 is 2.00 bits per heavy atom.